The van der Waals surface area contributed by atoms with Crippen LogP contribution in [0.1, 0.15) is 42.8 Å². The van der Waals surface area contributed by atoms with Crippen LogP contribution in [0.25, 0.3) is 33.1 Å². The summed E-state index contributed by atoms with van der Waals surface area (Å²) < 4.78 is 111. The summed E-state index contributed by atoms with van der Waals surface area (Å²) in [5.74, 6) is 0. The fraction of sp³-hybridized carbons (Fsp3) is 0.250. The van der Waals surface area contributed by atoms with Crippen molar-refractivity contribution >= 4 is 34.5 Å². The van der Waals surface area contributed by atoms with Crippen LogP contribution in [0.15, 0.2) is 70.9 Å². The van der Waals surface area contributed by atoms with Gasteiger partial charge in [0.05, 0.1) is 26.3 Å². The zero-order valence-corrected chi connectivity index (χ0v) is 15.8. The van der Waals surface area contributed by atoms with Gasteiger partial charge in [0.2, 0.25) is 0 Å². The Hall–Kier alpha value is -2.56. The van der Waals surface area contributed by atoms with Gasteiger partial charge in [0.15, 0.2) is 0 Å². The first-order valence-electron chi connectivity index (χ1n) is 14.3. The smallest absolute Gasteiger partial charge is 0.456 e. The second-order valence-electron chi connectivity index (χ2n) is 7.64. The maximum Gasteiger partial charge on any atom is 0.494 e. The molecule has 5 rings (SSSR count). The number of hydrogen-bond acceptors (Lipinski definition) is 3. The number of hydrogen-bond donors (Lipinski definition) is 0. The van der Waals surface area contributed by atoms with Crippen molar-refractivity contribution in [1.82, 2.24) is 0 Å². The summed E-state index contributed by atoms with van der Waals surface area (Å²) in [5, 5.41) is -0.341. The lowest BCUT2D eigenvalue weighted by atomic mass is 9.78. The highest BCUT2D eigenvalue weighted by Gasteiger charge is 2.51. The first-order valence-corrected chi connectivity index (χ1v) is 8.83. The Labute approximate surface area is 180 Å². The van der Waals surface area contributed by atoms with Crippen LogP contribution in [0, 0.1) is 0 Å². The zero-order chi connectivity index (χ0) is 29.1. The molecule has 0 bridgehead atoms. The van der Waals surface area contributed by atoms with Crippen LogP contribution in [-0.2, 0) is 9.31 Å². The van der Waals surface area contributed by atoms with Gasteiger partial charge >= 0.3 is 7.12 Å². The quantitative estimate of drug-likeness (QED) is 0.427. The van der Waals surface area contributed by atoms with Crippen LogP contribution >= 0.6 is 0 Å². The van der Waals surface area contributed by atoms with Crippen LogP contribution in [0.3, 0.4) is 0 Å². The van der Waals surface area contributed by atoms with E-state index in [1.807, 2.05) is 0 Å². The van der Waals surface area contributed by atoms with E-state index in [1.54, 1.807) is 27.7 Å². The van der Waals surface area contributed by atoms with Crippen LogP contribution in [0.2, 0.25) is 0 Å². The molecule has 0 radical (unpaired) electrons. The predicted octanol–water partition coefficient (Wildman–Crippen LogP) is 5.55. The van der Waals surface area contributed by atoms with Gasteiger partial charge in [-0.05, 0) is 56.4 Å². The highest BCUT2D eigenvalue weighted by Crippen LogP contribution is 2.38. The Kier molecular flexibility index (Phi) is 1.98. The maximum atomic E-state index is 8.83. The molecule has 3 nitrogen and oxygen atoms in total. The monoisotopic (exact) mass is 381 g/mol. The van der Waals surface area contributed by atoms with Crippen molar-refractivity contribution in [2.75, 3.05) is 0 Å². The molecule has 0 N–H and O–H groups in total. The highest BCUT2D eigenvalue weighted by molar-refractivity contribution is 6.62. The summed E-state index contributed by atoms with van der Waals surface area (Å²) in [6.07, 6.45) is 0. The van der Waals surface area contributed by atoms with Crippen LogP contribution in [-0.4, -0.2) is 18.3 Å². The standard InChI is InChI=1S/C24H23BO3/c1-23(2)24(3,4)28-25(27-23)17-14-12-16(13-15-17)18-9-7-11-21-22(18)19-8-5-6-10-20(19)26-21/h5-15H,1-4H3/i5D,6D,7D,8D,9D,10D,11D,12D,13D,14D,15D. The molecule has 0 saturated carbocycles. The van der Waals surface area contributed by atoms with E-state index >= 15 is 0 Å². The Morgan fingerprint density at radius 3 is 2.11 bits per heavy atom. The second-order valence-corrected chi connectivity index (χ2v) is 7.64. The summed E-state index contributed by atoms with van der Waals surface area (Å²) in [6, 6.07) is -6.11. The molecule has 1 fully saturated rings. The summed E-state index contributed by atoms with van der Waals surface area (Å²) in [6.45, 7) is 7.13. The van der Waals surface area contributed by atoms with Crippen molar-refractivity contribution in [1.29, 1.82) is 0 Å². The van der Waals surface area contributed by atoms with E-state index < -0.39 is 84.8 Å². The molecular formula is C24H23BO3. The summed E-state index contributed by atoms with van der Waals surface area (Å²) in [4.78, 5) is 0. The molecule has 4 aromatic rings. The number of furan rings is 1. The van der Waals surface area contributed by atoms with Gasteiger partial charge < -0.3 is 13.7 Å². The fourth-order valence-electron chi connectivity index (χ4n) is 3.07. The van der Waals surface area contributed by atoms with E-state index in [0.717, 1.165) is 0 Å². The maximum absolute atomic E-state index is 8.83. The molecule has 1 saturated heterocycles. The van der Waals surface area contributed by atoms with Crippen LogP contribution in [0.4, 0.5) is 0 Å². The molecule has 4 heteroatoms. The van der Waals surface area contributed by atoms with Gasteiger partial charge in [0.1, 0.15) is 11.2 Å². The van der Waals surface area contributed by atoms with Gasteiger partial charge in [0, 0.05) is 10.8 Å². The first kappa shape index (κ1) is 9.30. The third-order valence-corrected chi connectivity index (χ3v) is 5.33. The van der Waals surface area contributed by atoms with Crippen LogP contribution < -0.4 is 5.46 Å². The van der Waals surface area contributed by atoms with Crippen molar-refractivity contribution in [2.45, 2.75) is 38.9 Å². The average molecular weight is 381 g/mol. The second kappa shape index (κ2) is 5.97. The third-order valence-electron chi connectivity index (χ3n) is 5.33. The van der Waals surface area contributed by atoms with E-state index in [-0.39, 0.29) is 38.5 Å². The largest absolute Gasteiger partial charge is 0.494 e. The van der Waals surface area contributed by atoms with Gasteiger partial charge in [-0.3, -0.25) is 0 Å². The fourth-order valence-corrected chi connectivity index (χ4v) is 3.07. The molecule has 1 aliphatic rings. The molecule has 0 amide bonds. The molecule has 0 atom stereocenters. The Balaban J connectivity index is 1.92. The number of fused-ring (bicyclic) bond motifs is 3. The zero-order valence-electron chi connectivity index (χ0n) is 26.8. The lowest BCUT2D eigenvalue weighted by molar-refractivity contribution is 0.00578. The van der Waals surface area contributed by atoms with Crippen molar-refractivity contribution in [3.63, 3.8) is 0 Å². The molecule has 140 valence electrons. The Morgan fingerprint density at radius 1 is 0.750 bits per heavy atom. The van der Waals surface area contributed by atoms with E-state index in [9.17, 15) is 0 Å². The molecular weight excluding hydrogens is 347 g/mol. The molecule has 0 spiro atoms. The molecule has 0 unspecified atom stereocenters. The first-order chi connectivity index (χ1) is 17.9. The molecule has 3 aromatic carbocycles. The summed E-state index contributed by atoms with van der Waals surface area (Å²) in [7, 11) is -1.21. The summed E-state index contributed by atoms with van der Waals surface area (Å²) in [5.41, 5.74) is -3.07. The lowest BCUT2D eigenvalue weighted by Crippen LogP contribution is -2.41. The SMILES string of the molecule is [2H]c1c([2H])c(-c2c([2H])c([2H])c([2H])c3oc4c([2H])c([2H])c([2H])c([2H])c4c23)c([2H])c([2H])c1B1OC(C)(C)C(C)(C)O1. The Bertz CT molecular complexity index is 1700. The predicted molar refractivity (Wildman–Crippen MR) is 115 cm³/mol. The molecule has 2 heterocycles. The normalized spacial score (nSPS) is 23.7. The van der Waals surface area contributed by atoms with Crippen molar-refractivity contribution in [3.8, 4) is 11.1 Å². The highest BCUT2D eigenvalue weighted by atomic mass is 16.7. The molecule has 1 aliphatic heterocycles. The van der Waals surface area contributed by atoms with Gasteiger partial charge in [0.25, 0.3) is 0 Å². The summed E-state index contributed by atoms with van der Waals surface area (Å²) >= 11 is 0. The number of para-hydroxylation sites is 1. The number of rotatable bonds is 2. The van der Waals surface area contributed by atoms with Crippen molar-refractivity contribution in [3.05, 3.63) is 66.5 Å². The third kappa shape index (κ3) is 2.60. The molecule has 1 aromatic heterocycles. The minimum Gasteiger partial charge on any atom is -0.456 e. The van der Waals surface area contributed by atoms with Crippen LogP contribution in [0.5, 0.6) is 0 Å². The van der Waals surface area contributed by atoms with Gasteiger partial charge in [-0.15, -0.1) is 0 Å². The van der Waals surface area contributed by atoms with E-state index in [2.05, 4.69) is 0 Å². The average Bonchev–Trinajstić information content (AvgIpc) is 3.35. The van der Waals surface area contributed by atoms with Gasteiger partial charge in [-0.25, -0.2) is 0 Å². The van der Waals surface area contributed by atoms with Crippen molar-refractivity contribution < 1.29 is 28.8 Å². The van der Waals surface area contributed by atoms with E-state index in [0.29, 0.717) is 0 Å². The van der Waals surface area contributed by atoms with Gasteiger partial charge in [-0.1, -0.05) is 54.4 Å². The minimum atomic E-state index is -1.21. The van der Waals surface area contributed by atoms with E-state index in [1.165, 1.54) is 0 Å². The lowest BCUT2D eigenvalue weighted by Gasteiger charge is -2.32. The minimum absolute atomic E-state index is 0.141. The van der Waals surface area contributed by atoms with Gasteiger partial charge in [-0.2, -0.15) is 0 Å². The Morgan fingerprint density at radius 2 is 1.39 bits per heavy atom. The van der Waals surface area contributed by atoms with Crippen molar-refractivity contribution in [2.24, 2.45) is 0 Å². The molecule has 28 heavy (non-hydrogen) atoms. The number of benzene rings is 3. The molecule has 0 aliphatic carbocycles. The topological polar surface area (TPSA) is 31.6 Å². The van der Waals surface area contributed by atoms with E-state index in [4.69, 9.17) is 28.8 Å².